The van der Waals surface area contributed by atoms with E-state index in [0.717, 1.165) is 0 Å². The molecule has 3 heterocycles. The third-order valence-corrected chi connectivity index (χ3v) is 10.1. The number of carboxylic acids is 3. The quantitative estimate of drug-likeness (QED) is 0.371. The van der Waals surface area contributed by atoms with E-state index in [2.05, 4.69) is 44.7 Å². The first kappa shape index (κ1) is 28.0. The molecule has 4 rings (SSSR count). The summed E-state index contributed by atoms with van der Waals surface area (Å²) in [5.74, 6) is -3.01. The molecular weight excluding hydrogens is 540 g/mol. The fourth-order valence-corrected chi connectivity index (χ4v) is 7.51. The molecule has 3 atom stereocenters. The fraction of sp³-hybridized carbons (Fsp3) is 0.235. The number of allylic oxidation sites excluding steroid dienone is 4. The number of aliphatic carboxylic acids is 3. The van der Waals surface area contributed by atoms with Crippen LogP contribution in [0.5, 0.6) is 0 Å². The fourth-order valence-electron chi connectivity index (χ4n) is 1.47. The van der Waals surface area contributed by atoms with Crippen LogP contribution < -0.4 is 15.3 Å². The second-order valence-corrected chi connectivity index (χ2v) is 13.1. The molecule has 30 heavy (non-hydrogen) atoms. The minimum absolute atomic E-state index is 0.431. The van der Waals surface area contributed by atoms with Gasteiger partial charge in [-0.2, -0.15) is 0 Å². The SMILES string of the molecule is O=C([O-])C1C=CSS1.O=C([O-])C1C=CSS1.O=C([O-])C1C=CSS1.[Ti+3][CH]1C=CC=C1. The van der Waals surface area contributed by atoms with E-state index in [-0.39, 0.29) is 0 Å². The Bertz CT molecular complexity index is 650. The third kappa shape index (κ3) is 12.7. The molecule has 3 unspecified atom stereocenters. The van der Waals surface area contributed by atoms with Crippen molar-refractivity contribution < 1.29 is 50.1 Å². The van der Waals surface area contributed by atoms with Crippen LogP contribution in [0.2, 0.25) is 4.22 Å². The minimum atomic E-state index is -1.00. The van der Waals surface area contributed by atoms with Crippen molar-refractivity contribution in [2.24, 2.45) is 0 Å². The van der Waals surface area contributed by atoms with Gasteiger partial charge >= 0.3 is 49.0 Å². The van der Waals surface area contributed by atoms with Crippen molar-refractivity contribution in [2.75, 3.05) is 0 Å². The predicted molar refractivity (Wildman–Crippen MR) is 121 cm³/mol. The van der Waals surface area contributed by atoms with E-state index in [1.807, 2.05) is 0 Å². The summed E-state index contributed by atoms with van der Waals surface area (Å²) in [4.78, 5) is 30.0. The molecule has 158 valence electrons. The van der Waals surface area contributed by atoms with Gasteiger partial charge in [-0.3, -0.25) is 0 Å². The standard InChI is InChI=1S/C5H5.3C4H4O2S2.Ti/c1-2-4-5-3-1;3*5-4(6)3-1-2-7-8-3;/h1-5H;3*1-3H,(H,5,6);/q;;;;+3/p-3. The molecule has 13 heteroatoms. The van der Waals surface area contributed by atoms with Crippen LogP contribution in [-0.4, -0.2) is 33.7 Å². The van der Waals surface area contributed by atoms with Gasteiger partial charge in [-0.05, 0) is 16.2 Å². The molecule has 0 aromatic heterocycles. The van der Waals surface area contributed by atoms with Crippen LogP contribution in [0.4, 0.5) is 0 Å². The summed E-state index contributed by atoms with van der Waals surface area (Å²) in [5.41, 5.74) is 0. The molecule has 0 aromatic rings. The Kier molecular flexibility index (Phi) is 15.4. The molecule has 0 saturated heterocycles. The van der Waals surface area contributed by atoms with E-state index >= 15 is 0 Å². The average Bonchev–Trinajstić information content (AvgIpc) is 3.53. The summed E-state index contributed by atoms with van der Waals surface area (Å²) < 4.78 is 0.685. The summed E-state index contributed by atoms with van der Waals surface area (Å²) in [6.45, 7) is 0. The van der Waals surface area contributed by atoms with Crippen LogP contribution in [0, 0.1) is 0 Å². The van der Waals surface area contributed by atoms with Crippen molar-refractivity contribution in [3.63, 3.8) is 0 Å². The molecule has 3 aliphatic heterocycles. The predicted octanol–water partition coefficient (Wildman–Crippen LogP) is 1.49. The first-order valence-corrected chi connectivity index (χ1v) is 15.7. The van der Waals surface area contributed by atoms with Crippen LogP contribution in [0.1, 0.15) is 0 Å². The molecule has 0 N–H and O–H groups in total. The Morgan fingerprint density at radius 3 is 1.00 bits per heavy atom. The molecule has 0 bridgehead atoms. The van der Waals surface area contributed by atoms with E-state index in [1.165, 1.54) is 64.8 Å². The Hall–Kier alpha value is -0.0757. The summed E-state index contributed by atoms with van der Waals surface area (Å²) >= 11 is 2.17. The second kappa shape index (κ2) is 16.5. The number of carbonyl (C=O) groups is 3. The number of carbonyl (C=O) groups excluding carboxylic acids is 3. The third-order valence-electron chi connectivity index (χ3n) is 2.85. The molecule has 1 aliphatic carbocycles. The first-order valence-electron chi connectivity index (χ1n) is 7.96. The molecule has 0 aromatic carbocycles. The van der Waals surface area contributed by atoms with Gasteiger partial charge < -0.3 is 29.7 Å². The first-order chi connectivity index (χ1) is 14.3. The van der Waals surface area contributed by atoms with Crippen LogP contribution in [0.3, 0.4) is 0 Å². The molecule has 0 fully saturated rings. The van der Waals surface area contributed by atoms with Crippen LogP contribution in [0.15, 0.2) is 58.8 Å². The Balaban J connectivity index is 0.000000201. The van der Waals surface area contributed by atoms with Gasteiger partial charge in [0.1, 0.15) is 0 Å². The number of hydrogen-bond donors (Lipinski definition) is 0. The van der Waals surface area contributed by atoms with Gasteiger partial charge in [0, 0.05) is 0 Å². The maximum absolute atomic E-state index is 10.0. The van der Waals surface area contributed by atoms with E-state index in [4.69, 9.17) is 0 Å². The van der Waals surface area contributed by atoms with Crippen LogP contribution in [0.25, 0.3) is 0 Å². The summed E-state index contributed by atoms with van der Waals surface area (Å²) in [6, 6.07) is 0. The van der Waals surface area contributed by atoms with Gasteiger partial charge in [-0.1, -0.05) is 83.0 Å². The van der Waals surface area contributed by atoms with E-state index in [9.17, 15) is 29.7 Å². The molecule has 0 saturated carbocycles. The second-order valence-electron chi connectivity index (χ2n) is 5.08. The van der Waals surface area contributed by atoms with Gasteiger partial charge in [-0.25, -0.2) is 0 Å². The molecule has 0 spiro atoms. The van der Waals surface area contributed by atoms with Crippen LogP contribution >= 0.6 is 64.8 Å². The zero-order valence-electron chi connectivity index (χ0n) is 15.0. The maximum atomic E-state index is 10.0. The molecule has 4 aliphatic rings. The molecule has 0 amide bonds. The van der Waals surface area contributed by atoms with E-state index < -0.39 is 33.7 Å². The van der Waals surface area contributed by atoms with Gasteiger partial charge in [0.15, 0.2) is 0 Å². The van der Waals surface area contributed by atoms with Gasteiger partial charge in [-0.15, -0.1) is 0 Å². The van der Waals surface area contributed by atoms with Crippen molar-refractivity contribution >= 4 is 82.7 Å². The summed E-state index contributed by atoms with van der Waals surface area (Å²) in [5, 5.41) is 34.0. The van der Waals surface area contributed by atoms with Crippen molar-refractivity contribution in [1.82, 2.24) is 0 Å². The number of hydrogen-bond acceptors (Lipinski definition) is 12. The normalized spacial score (nSPS) is 25.1. The summed E-state index contributed by atoms with van der Waals surface area (Å²) in [6.07, 6.45) is 13.3. The van der Waals surface area contributed by atoms with Crippen molar-refractivity contribution in [1.29, 1.82) is 0 Å². The van der Waals surface area contributed by atoms with Crippen molar-refractivity contribution in [3.8, 4) is 0 Å². The number of carboxylic acid groups (broad SMARTS) is 3. The average molecular weight is 555 g/mol. The van der Waals surface area contributed by atoms with Crippen molar-refractivity contribution in [3.05, 3.63) is 58.8 Å². The van der Waals surface area contributed by atoms with Gasteiger partial charge in [0.25, 0.3) is 0 Å². The van der Waals surface area contributed by atoms with E-state index in [1.54, 1.807) is 34.5 Å². The Morgan fingerprint density at radius 2 is 0.900 bits per heavy atom. The Labute approximate surface area is 209 Å². The van der Waals surface area contributed by atoms with Gasteiger partial charge in [0.2, 0.25) is 0 Å². The molecule has 0 radical (unpaired) electrons. The number of rotatable bonds is 3. The zero-order chi connectivity index (χ0) is 22.4. The molecular formula is C17H14O6S6Ti. The monoisotopic (exact) mass is 554 g/mol. The Morgan fingerprint density at radius 1 is 0.600 bits per heavy atom. The van der Waals surface area contributed by atoms with Crippen molar-refractivity contribution in [2.45, 2.75) is 20.0 Å². The topological polar surface area (TPSA) is 120 Å². The van der Waals surface area contributed by atoms with Gasteiger partial charge in [0.05, 0.1) is 33.7 Å². The zero-order valence-corrected chi connectivity index (χ0v) is 21.4. The van der Waals surface area contributed by atoms with Crippen LogP contribution in [-0.2, 0) is 34.8 Å². The molecule has 6 nitrogen and oxygen atoms in total. The summed E-state index contributed by atoms with van der Waals surface area (Å²) in [7, 11) is 8.16. The van der Waals surface area contributed by atoms with E-state index in [0.29, 0.717) is 4.22 Å².